The van der Waals surface area contributed by atoms with Crippen molar-refractivity contribution in [3.63, 3.8) is 0 Å². The van der Waals surface area contributed by atoms with Crippen LogP contribution in [-0.2, 0) is 6.54 Å². The summed E-state index contributed by atoms with van der Waals surface area (Å²) in [6.45, 7) is 5.49. The summed E-state index contributed by atoms with van der Waals surface area (Å²) in [5.74, 6) is 0. The van der Waals surface area contributed by atoms with Crippen LogP contribution in [0.1, 0.15) is 5.56 Å². The van der Waals surface area contributed by atoms with Gasteiger partial charge in [-0.15, -0.1) is 0 Å². The minimum absolute atomic E-state index is 1.04. The van der Waals surface area contributed by atoms with Crippen LogP contribution in [0.3, 0.4) is 0 Å². The van der Waals surface area contributed by atoms with Crippen LogP contribution >= 0.6 is 0 Å². The summed E-state index contributed by atoms with van der Waals surface area (Å²) >= 11 is 0. The van der Waals surface area contributed by atoms with Gasteiger partial charge in [-0.3, -0.25) is 4.90 Å². The highest BCUT2D eigenvalue weighted by atomic mass is 15.2. The Hall–Kier alpha value is -1.84. The number of piperazine rings is 1. The van der Waals surface area contributed by atoms with Gasteiger partial charge in [0.2, 0.25) is 0 Å². The fourth-order valence-electron chi connectivity index (χ4n) is 2.99. The van der Waals surface area contributed by atoms with Crippen molar-refractivity contribution in [2.45, 2.75) is 6.54 Å². The van der Waals surface area contributed by atoms with Gasteiger partial charge in [-0.25, -0.2) is 0 Å². The second-order valence-corrected chi connectivity index (χ2v) is 6.12. The third-order valence-corrected chi connectivity index (χ3v) is 4.32. The van der Waals surface area contributed by atoms with Gasteiger partial charge < -0.3 is 10.2 Å². The molecule has 0 aliphatic carbocycles. The quantitative estimate of drug-likeness (QED) is 0.936. The fraction of sp³-hybridized carbons (Fsp3) is 0.368. The van der Waals surface area contributed by atoms with E-state index in [1.54, 1.807) is 0 Å². The van der Waals surface area contributed by atoms with Crippen LogP contribution in [0.15, 0.2) is 48.5 Å². The van der Waals surface area contributed by atoms with Crippen LogP contribution in [0.2, 0.25) is 0 Å². The number of anilines is 1. The molecule has 1 fully saturated rings. The van der Waals surface area contributed by atoms with Crippen molar-refractivity contribution in [3.8, 4) is 11.1 Å². The molecule has 0 atom stereocenters. The Labute approximate surface area is 133 Å². The monoisotopic (exact) mass is 295 g/mol. The molecule has 1 saturated heterocycles. The SMILES string of the molecule is CN(C)c1ccc(-c2ccccc2CN2CCNCC2)cc1. The third-order valence-electron chi connectivity index (χ3n) is 4.32. The summed E-state index contributed by atoms with van der Waals surface area (Å²) in [7, 11) is 4.15. The van der Waals surface area contributed by atoms with Gasteiger partial charge in [0.05, 0.1) is 0 Å². The summed E-state index contributed by atoms with van der Waals surface area (Å²) in [6, 6.07) is 17.6. The molecule has 0 radical (unpaired) electrons. The fourth-order valence-corrected chi connectivity index (χ4v) is 2.99. The Morgan fingerprint density at radius 1 is 0.955 bits per heavy atom. The minimum Gasteiger partial charge on any atom is -0.378 e. The van der Waals surface area contributed by atoms with Crippen molar-refractivity contribution in [2.75, 3.05) is 45.2 Å². The van der Waals surface area contributed by atoms with Gasteiger partial charge in [0.1, 0.15) is 0 Å². The Morgan fingerprint density at radius 2 is 1.64 bits per heavy atom. The number of hydrogen-bond acceptors (Lipinski definition) is 3. The highest BCUT2D eigenvalue weighted by molar-refractivity contribution is 5.69. The third kappa shape index (κ3) is 3.49. The lowest BCUT2D eigenvalue weighted by molar-refractivity contribution is 0.233. The maximum atomic E-state index is 3.42. The molecule has 0 saturated carbocycles. The predicted octanol–water partition coefficient (Wildman–Crippen LogP) is 2.82. The molecule has 116 valence electrons. The molecule has 0 unspecified atom stereocenters. The van der Waals surface area contributed by atoms with Crippen LogP contribution in [0.4, 0.5) is 5.69 Å². The summed E-state index contributed by atoms with van der Waals surface area (Å²) in [6.07, 6.45) is 0. The van der Waals surface area contributed by atoms with Crippen molar-refractivity contribution in [1.29, 1.82) is 0 Å². The molecule has 0 spiro atoms. The molecule has 3 heteroatoms. The van der Waals surface area contributed by atoms with E-state index >= 15 is 0 Å². The van der Waals surface area contributed by atoms with Crippen molar-refractivity contribution in [1.82, 2.24) is 10.2 Å². The van der Waals surface area contributed by atoms with Crippen LogP contribution in [-0.4, -0.2) is 45.2 Å². The summed E-state index contributed by atoms with van der Waals surface area (Å²) < 4.78 is 0. The first kappa shape index (κ1) is 15.1. The van der Waals surface area contributed by atoms with Crippen LogP contribution < -0.4 is 10.2 Å². The summed E-state index contributed by atoms with van der Waals surface area (Å²) in [5.41, 5.74) is 5.31. The van der Waals surface area contributed by atoms with Crippen LogP contribution in [0.25, 0.3) is 11.1 Å². The van der Waals surface area contributed by atoms with Gasteiger partial charge in [0.25, 0.3) is 0 Å². The van der Waals surface area contributed by atoms with Crippen molar-refractivity contribution in [2.24, 2.45) is 0 Å². The molecule has 1 aliphatic heterocycles. The number of benzene rings is 2. The first-order valence-electron chi connectivity index (χ1n) is 8.03. The molecule has 2 aromatic rings. The molecule has 1 heterocycles. The largest absolute Gasteiger partial charge is 0.378 e. The number of rotatable bonds is 4. The molecule has 0 aromatic heterocycles. The van der Waals surface area contributed by atoms with E-state index < -0.39 is 0 Å². The summed E-state index contributed by atoms with van der Waals surface area (Å²) in [4.78, 5) is 4.67. The first-order chi connectivity index (χ1) is 10.7. The lowest BCUT2D eigenvalue weighted by Gasteiger charge is -2.28. The van der Waals surface area contributed by atoms with E-state index in [4.69, 9.17) is 0 Å². The van der Waals surface area contributed by atoms with Crippen molar-refractivity contribution >= 4 is 5.69 Å². The molecule has 0 amide bonds. The van der Waals surface area contributed by atoms with Crippen LogP contribution in [0.5, 0.6) is 0 Å². The van der Waals surface area contributed by atoms with E-state index in [-0.39, 0.29) is 0 Å². The molecule has 1 aliphatic rings. The standard InChI is InChI=1S/C19H25N3/c1-21(2)18-9-7-16(8-10-18)19-6-4-3-5-17(19)15-22-13-11-20-12-14-22/h3-10,20H,11-15H2,1-2H3. The Kier molecular flexibility index (Phi) is 4.76. The van der Waals surface area contributed by atoms with Gasteiger partial charge in [-0.1, -0.05) is 36.4 Å². The Morgan fingerprint density at radius 3 is 2.32 bits per heavy atom. The molecule has 22 heavy (non-hydrogen) atoms. The van der Waals surface area contributed by atoms with Crippen molar-refractivity contribution < 1.29 is 0 Å². The van der Waals surface area contributed by atoms with Gasteiger partial charge in [0.15, 0.2) is 0 Å². The predicted molar refractivity (Wildman–Crippen MR) is 94.4 cm³/mol. The Bertz CT molecular complexity index is 598. The van der Waals surface area contributed by atoms with E-state index in [9.17, 15) is 0 Å². The number of nitrogens with zero attached hydrogens (tertiary/aromatic N) is 2. The Balaban J connectivity index is 1.83. The number of hydrogen-bond donors (Lipinski definition) is 1. The smallest absolute Gasteiger partial charge is 0.0361 e. The minimum atomic E-state index is 1.04. The van der Waals surface area contributed by atoms with E-state index in [0.717, 1.165) is 32.7 Å². The maximum absolute atomic E-state index is 3.42. The van der Waals surface area contributed by atoms with E-state index in [2.05, 4.69) is 77.7 Å². The highest BCUT2D eigenvalue weighted by Gasteiger charge is 2.12. The van der Waals surface area contributed by atoms with E-state index in [1.165, 1.54) is 22.4 Å². The molecule has 3 rings (SSSR count). The lowest BCUT2D eigenvalue weighted by atomic mass is 9.99. The van der Waals surface area contributed by atoms with Gasteiger partial charge in [0, 0.05) is 52.5 Å². The highest BCUT2D eigenvalue weighted by Crippen LogP contribution is 2.26. The maximum Gasteiger partial charge on any atom is 0.0361 e. The first-order valence-corrected chi connectivity index (χ1v) is 8.03. The van der Waals surface area contributed by atoms with Gasteiger partial charge in [-0.2, -0.15) is 0 Å². The van der Waals surface area contributed by atoms with Crippen molar-refractivity contribution in [3.05, 3.63) is 54.1 Å². The number of nitrogens with one attached hydrogen (secondary N) is 1. The van der Waals surface area contributed by atoms with E-state index in [1.807, 2.05) is 0 Å². The zero-order valence-electron chi connectivity index (χ0n) is 13.5. The molecular formula is C19H25N3. The van der Waals surface area contributed by atoms with Gasteiger partial charge >= 0.3 is 0 Å². The van der Waals surface area contributed by atoms with Crippen LogP contribution in [0, 0.1) is 0 Å². The topological polar surface area (TPSA) is 18.5 Å². The second-order valence-electron chi connectivity index (χ2n) is 6.12. The zero-order valence-corrected chi connectivity index (χ0v) is 13.5. The molecule has 3 nitrogen and oxygen atoms in total. The average molecular weight is 295 g/mol. The lowest BCUT2D eigenvalue weighted by Crippen LogP contribution is -2.42. The average Bonchev–Trinajstić information content (AvgIpc) is 2.56. The van der Waals surface area contributed by atoms with E-state index in [0.29, 0.717) is 0 Å². The molecular weight excluding hydrogens is 270 g/mol. The second kappa shape index (κ2) is 6.95. The van der Waals surface area contributed by atoms with Gasteiger partial charge in [-0.05, 0) is 28.8 Å². The zero-order chi connectivity index (χ0) is 15.4. The summed E-state index contributed by atoms with van der Waals surface area (Å²) in [5, 5.41) is 3.42. The molecule has 2 aromatic carbocycles. The molecule has 0 bridgehead atoms. The molecule has 1 N–H and O–H groups in total. The normalized spacial score (nSPS) is 15.7.